The van der Waals surface area contributed by atoms with Crippen LogP contribution in [-0.2, 0) is 10.0 Å². The van der Waals surface area contributed by atoms with Crippen LogP contribution < -0.4 is 14.8 Å². The Balaban J connectivity index is 2.49. The minimum atomic E-state index is -3.27. The van der Waals surface area contributed by atoms with E-state index in [1.807, 2.05) is 6.92 Å². The number of amides is 1. The standard InChI is InChI=1S/C14H21ClN2O4S/c1-3-4-9-22(19,20)17-8-7-16-14(18)12-10-11(15)5-6-13(12)21-2/h5-6,10,17H,3-4,7-9H2,1-2H3,(H,16,18). The Morgan fingerprint density at radius 1 is 1.32 bits per heavy atom. The number of carbonyl (C=O) groups excluding carboxylic acids is 1. The molecular formula is C14H21ClN2O4S. The van der Waals surface area contributed by atoms with Gasteiger partial charge in [0, 0.05) is 18.1 Å². The van der Waals surface area contributed by atoms with Crippen LogP contribution in [0.15, 0.2) is 18.2 Å². The van der Waals surface area contributed by atoms with Gasteiger partial charge in [-0.05, 0) is 24.6 Å². The summed E-state index contributed by atoms with van der Waals surface area (Å²) >= 11 is 5.86. The van der Waals surface area contributed by atoms with Crippen molar-refractivity contribution in [3.8, 4) is 5.75 Å². The fourth-order valence-electron chi connectivity index (χ4n) is 1.74. The molecule has 0 radical (unpaired) electrons. The molecule has 0 heterocycles. The first-order valence-electron chi connectivity index (χ1n) is 6.98. The van der Waals surface area contributed by atoms with Crippen molar-refractivity contribution < 1.29 is 17.9 Å². The molecule has 0 aliphatic rings. The van der Waals surface area contributed by atoms with Gasteiger partial charge in [-0.1, -0.05) is 24.9 Å². The first-order valence-corrected chi connectivity index (χ1v) is 9.01. The molecule has 0 unspecified atom stereocenters. The van der Waals surface area contributed by atoms with Crippen LogP contribution in [0.3, 0.4) is 0 Å². The molecule has 0 saturated heterocycles. The first kappa shape index (κ1) is 18.7. The van der Waals surface area contributed by atoms with Crippen LogP contribution in [0.5, 0.6) is 5.75 Å². The largest absolute Gasteiger partial charge is 0.496 e. The summed E-state index contributed by atoms with van der Waals surface area (Å²) in [5, 5.41) is 3.05. The van der Waals surface area contributed by atoms with E-state index in [0.29, 0.717) is 22.8 Å². The van der Waals surface area contributed by atoms with E-state index >= 15 is 0 Å². The van der Waals surface area contributed by atoms with Gasteiger partial charge in [0.2, 0.25) is 10.0 Å². The summed E-state index contributed by atoms with van der Waals surface area (Å²) in [7, 11) is -1.81. The van der Waals surface area contributed by atoms with Crippen molar-refractivity contribution in [2.45, 2.75) is 19.8 Å². The molecule has 2 N–H and O–H groups in total. The number of unbranched alkanes of at least 4 members (excludes halogenated alkanes) is 1. The Morgan fingerprint density at radius 3 is 2.68 bits per heavy atom. The minimum Gasteiger partial charge on any atom is -0.496 e. The molecule has 0 saturated carbocycles. The van der Waals surface area contributed by atoms with E-state index in [0.717, 1.165) is 6.42 Å². The van der Waals surface area contributed by atoms with E-state index in [2.05, 4.69) is 10.0 Å². The number of ether oxygens (including phenoxy) is 1. The highest BCUT2D eigenvalue weighted by atomic mass is 35.5. The highest BCUT2D eigenvalue weighted by molar-refractivity contribution is 7.89. The van der Waals surface area contributed by atoms with Gasteiger partial charge in [0.15, 0.2) is 0 Å². The maximum Gasteiger partial charge on any atom is 0.255 e. The van der Waals surface area contributed by atoms with Crippen molar-refractivity contribution in [2.75, 3.05) is 26.0 Å². The molecule has 22 heavy (non-hydrogen) atoms. The van der Waals surface area contributed by atoms with Crippen LogP contribution in [0.1, 0.15) is 30.1 Å². The fourth-order valence-corrected chi connectivity index (χ4v) is 3.14. The number of methoxy groups -OCH3 is 1. The van der Waals surface area contributed by atoms with Gasteiger partial charge in [0.25, 0.3) is 5.91 Å². The van der Waals surface area contributed by atoms with E-state index in [1.165, 1.54) is 13.2 Å². The summed E-state index contributed by atoms with van der Waals surface area (Å²) in [4.78, 5) is 12.0. The van der Waals surface area contributed by atoms with Crippen molar-refractivity contribution >= 4 is 27.5 Å². The second-order valence-electron chi connectivity index (χ2n) is 4.67. The molecule has 0 bridgehead atoms. The number of hydrogen-bond acceptors (Lipinski definition) is 4. The molecular weight excluding hydrogens is 328 g/mol. The van der Waals surface area contributed by atoms with Crippen LogP contribution in [0, 0.1) is 0 Å². The van der Waals surface area contributed by atoms with Crippen molar-refractivity contribution in [1.29, 1.82) is 0 Å². The number of benzene rings is 1. The topological polar surface area (TPSA) is 84.5 Å². The predicted molar refractivity (Wildman–Crippen MR) is 87.0 cm³/mol. The second-order valence-corrected chi connectivity index (χ2v) is 7.03. The van der Waals surface area contributed by atoms with Gasteiger partial charge in [-0.15, -0.1) is 0 Å². The third-order valence-electron chi connectivity index (χ3n) is 2.91. The Labute approximate surface area is 136 Å². The summed E-state index contributed by atoms with van der Waals surface area (Å²) in [5.74, 6) is 0.136. The molecule has 8 heteroatoms. The number of nitrogens with one attached hydrogen (secondary N) is 2. The van der Waals surface area contributed by atoms with E-state index in [1.54, 1.807) is 12.1 Å². The summed E-state index contributed by atoms with van der Waals surface area (Å²) in [6, 6.07) is 4.73. The third kappa shape index (κ3) is 6.21. The van der Waals surface area contributed by atoms with Gasteiger partial charge in [-0.25, -0.2) is 13.1 Å². The van der Waals surface area contributed by atoms with E-state index < -0.39 is 10.0 Å². The average molecular weight is 349 g/mol. The summed E-state index contributed by atoms with van der Waals surface area (Å²) in [5.41, 5.74) is 0.309. The Kier molecular flexibility index (Phi) is 7.64. The van der Waals surface area contributed by atoms with Gasteiger partial charge < -0.3 is 10.1 Å². The molecule has 6 nitrogen and oxygen atoms in total. The zero-order chi connectivity index (χ0) is 16.6. The normalized spacial score (nSPS) is 11.2. The lowest BCUT2D eigenvalue weighted by Crippen LogP contribution is -2.35. The molecule has 0 spiro atoms. The number of sulfonamides is 1. The van der Waals surface area contributed by atoms with Gasteiger partial charge in [0.1, 0.15) is 5.75 Å². The third-order valence-corrected chi connectivity index (χ3v) is 4.61. The molecule has 1 aromatic carbocycles. The van der Waals surface area contributed by atoms with Crippen LogP contribution >= 0.6 is 11.6 Å². The van der Waals surface area contributed by atoms with Crippen molar-refractivity contribution in [2.24, 2.45) is 0 Å². The van der Waals surface area contributed by atoms with Gasteiger partial charge in [0.05, 0.1) is 18.4 Å². The summed E-state index contributed by atoms with van der Waals surface area (Å²) < 4.78 is 30.7. The van der Waals surface area contributed by atoms with Gasteiger partial charge >= 0.3 is 0 Å². The first-order chi connectivity index (χ1) is 10.4. The van der Waals surface area contributed by atoms with Crippen LogP contribution in [0.2, 0.25) is 5.02 Å². The molecule has 0 fully saturated rings. The molecule has 1 aromatic rings. The second kappa shape index (κ2) is 8.97. The van der Waals surface area contributed by atoms with Crippen molar-refractivity contribution in [1.82, 2.24) is 10.0 Å². The molecule has 0 aliphatic heterocycles. The fraction of sp³-hybridized carbons (Fsp3) is 0.500. The monoisotopic (exact) mass is 348 g/mol. The SMILES string of the molecule is CCCCS(=O)(=O)NCCNC(=O)c1cc(Cl)ccc1OC. The molecule has 1 rings (SSSR count). The molecule has 0 atom stereocenters. The Bertz CT molecular complexity index is 605. The highest BCUT2D eigenvalue weighted by Gasteiger charge is 2.13. The highest BCUT2D eigenvalue weighted by Crippen LogP contribution is 2.22. The van der Waals surface area contributed by atoms with E-state index in [9.17, 15) is 13.2 Å². The molecule has 0 aromatic heterocycles. The summed E-state index contributed by atoms with van der Waals surface area (Å²) in [6.45, 7) is 2.24. The minimum absolute atomic E-state index is 0.0968. The van der Waals surface area contributed by atoms with Crippen LogP contribution in [0.25, 0.3) is 0 Å². The zero-order valence-corrected chi connectivity index (χ0v) is 14.3. The van der Waals surface area contributed by atoms with Crippen molar-refractivity contribution in [3.63, 3.8) is 0 Å². The number of halogens is 1. The molecule has 124 valence electrons. The lowest BCUT2D eigenvalue weighted by molar-refractivity contribution is 0.0951. The maximum absolute atomic E-state index is 12.0. The molecule has 1 amide bonds. The van der Waals surface area contributed by atoms with Gasteiger partial charge in [-0.3, -0.25) is 4.79 Å². The maximum atomic E-state index is 12.0. The van der Waals surface area contributed by atoms with E-state index in [4.69, 9.17) is 16.3 Å². The van der Waals surface area contributed by atoms with Crippen LogP contribution in [-0.4, -0.2) is 40.3 Å². The predicted octanol–water partition coefficient (Wildman–Crippen LogP) is 1.80. The van der Waals surface area contributed by atoms with Gasteiger partial charge in [-0.2, -0.15) is 0 Å². The van der Waals surface area contributed by atoms with E-state index in [-0.39, 0.29) is 24.7 Å². The number of rotatable bonds is 9. The Hall–Kier alpha value is -1.31. The number of carbonyl (C=O) groups is 1. The number of hydrogen-bond donors (Lipinski definition) is 2. The lowest BCUT2D eigenvalue weighted by atomic mass is 10.2. The quantitative estimate of drug-likeness (QED) is 0.666. The Morgan fingerprint density at radius 2 is 2.05 bits per heavy atom. The average Bonchev–Trinajstić information content (AvgIpc) is 2.49. The molecule has 0 aliphatic carbocycles. The van der Waals surface area contributed by atoms with Crippen molar-refractivity contribution in [3.05, 3.63) is 28.8 Å². The lowest BCUT2D eigenvalue weighted by Gasteiger charge is -2.10. The summed E-state index contributed by atoms with van der Waals surface area (Å²) in [6.07, 6.45) is 1.42. The van der Waals surface area contributed by atoms with Crippen LogP contribution in [0.4, 0.5) is 0 Å². The smallest absolute Gasteiger partial charge is 0.255 e. The zero-order valence-electron chi connectivity index (χ0n) is 12.7.